The lowest BCUT2D eigenvalue weighted by Gasteiger charge is -2.33. The maximum absolute atomic E-state index is 13.5. The van der Waals surface area contributed by atoms with Crippen molar-refractivity contribution in [3.05, 3.63) is 58.8 Å². The van der Waals surface area contributed by atoms with Gasteiger partial charge in [-0.1, -0.05) is 41.3 Å². The van der Waals surface area contributed by atoms with Crippen LogP contribution < -0.4 is 5.06 Å². The van der Waals surface area contributed by atoms with Crippen LogP contribution in [0.5, 0.6) is 0 Å². The molecule has 2 aromatic rings. The normalized spacial score (nSPS) is 27.6. The lowest BCUT2D eigenvalue weighted by molar-refractivity contribution is -0.146. The highest BCUT2D eigenvalue weighted by Gasteiger charge is 2.61. The van der Waals surface area contributed by atoms with Crippen LogP contribution in [-0.2, 0) is 14.4 Å². The molecule has 1 saturated carbocycles. The minimum absolute atomic E-state index is 0.00799. The molecule has 0 bridgehead atoms. The third kappa shape index (κ3) is 3.16. The van der Waals surface area contributed by atoms with Crippen molar-refractivity contribution in [2.45, 2.75) is 50.3 Å². The number of fused-ring (bicyclic) bond motifs is 1. The van der Waals surface area contributed by atoms with Gasteiger partial charge in [0.1, 0.15) is 5.92 Å². The van der Waals surface area contributed by atoms with E-state index in [-0.39, 0.29) is 23.9 Å². The Morgan fingerprint density at radius 3 is 2.45 bits per heavy atom. The molecule has 0 spiro atoms. The highest BCUT2D eigenvalue weighted by atomic mass is 79.9. The SMILES string of the molecule is O=C1[C@H]2[C@@H](c3cccnc3)N(c3ccc(Br)cc3)O[C@H]2C(=O)N1C1CCCCC1. The number of carbonyl (C=O) groups excluding carboxylic acids is 2. The van der Waals surface area contributed by atoms with Gasteiger partial charge in [-0.2, -0.15) is 0 Å². The first-order valence-corrected chi connectivity index (χ1v) is 10.9. The number of pyridine rings is 1. The topological polar surface area (TPSA) is 62.7 Å². The third-order valence-corrected chi connectivity index (χ3v) is 6.73. The number of anilines is 1. The first kappa shape index (κ1) is 18.8. The van der Waals surface area contributed by atoms with Crippen LogP contribution in [0.25, 0.3) is 0 Å². The summed E-state index contributed by atoms with van der Waals surface area (Å²) in [6.45, 7) is 0. The van der Waals surface area contributed by atoms with E-state index in [4.69, 9.17) is 4.84 Å². The number of imide groups is 1. The van der Waals surface area contributed by atoms with E-state index in [1.165, 1.54) is 11.3 Å². The van der Waals surface area contributed by atoms with Crippen molar-refractivity contribution >= 4 is 33.4 Å². The van der Waals surface area contributed by atoms with Gasteiger partial charge < -0.3 is 0 Å². The van der Waals surface area contributed by atoms with Crippen LogP contribution in [0.3, 0.4) is 0 Å². The number of hydrogen-bond acceptors (Lipinski definition) is 5. The van der Waals surface area contributed by atoms with Crippen molar-refractivity contribution in [2.24, 2.45) is 5.92 Å². The molecule has 1 aromatic heterocycles. The van der Waals surface area contributed by atoms with E-state index in [2.05, 4.69) is 20.9 Å². The minimum Gasteiger partial charge on any atom is -0.277 e. The lowest BCUT2D eigenvalue weighted by atomic mass is 9.91. The lowest BCUT2D eigenvalue weighted by Crippen LogP contribution is -2.44. The van der Waals surface area contributed by atoms with E-state index >= 15 is 0 Å². The van der Waals surface area contributed by atoms with Crippen molar-refractivity contribution in [3.63, 3.8) is 0 Å². The van der Waals surface area contributed by atoms with Gasteiger partial charge in [-0.15, -0.1) is 0 Å². The molecule has 7 heteroatoms. The maximum Gasteiger partial charge on any atom is 0.262 e. The van der Waals surface area contributed by atoms with Gasteiger partial charge in [-0.05, 0) is 48.7 Å². The number of aromatic nitrogens is 1. The smallest absolute Gasteiger partial charge is 0.262 e. The summed E-state index contributed by atoms with van der Waals surface area (Å²) in [6.07, 6.45) is 7.77. The summed E-state index contributed by atoms with van der Waals surface area (Å²) in [5.74, 6) is -0.863. The zero-order chi connectivity index (χ0) is 20.0. The van der Waals surface area contributed by atoms with E-state index < -0.39 is 12.0 Å². The summed E-state index contributed by atoms with van der Waals surface area (Å²) < 4.78 is 0.953. The summed E-state index contributed by atoms with van der Waals surface area (Å²) in [4.78, 5) is 38.6. The molecule has 0 radical (unpaired) electrons. The number of halogens is 1. The Balaban J connectivity index is 1.53. The Morgan fingerprint density at radius 1 is 1.00 bits per heavy atom. The molecule has 6 nitrogen and oxygen atoms in total. The number of nitrogens with zero attached hydrogens (tertiary/aromatic N) is 3. The molecule has 150 valence electrons. The van der Waals surface area contributed by atoms with Crippen LogP contribution in [0.2, 0.25) is 0 Å². The van der Waals surface area contributed by atoms with Crippen LogP contribution in [0, 0.1) is 5.92 Å². The van der Waals surface area contributed by atoms with Crippen molar-refractivity contribution in [1.29, 1.82) is 0 Å². The fourth-order valence-corrected chi connectivity index (χ4v) is 5.10. The Bertz CT molecular complexity index is 915. The van der Waals surface area contributed by atoms with Crippen LogP contribution in [0.15, 0.2) is 53.3 Å². The molecule has 3 aliphatic rings. The Kier molecular flexibility index (Phi) is 4.87. The highest BCUT2D eigenvalue weighted by Crippen LogP contribution is 2.47. The maximum atomic E-state index is 13.5. The zero-order valence-corrected chi connectivity index (χ0v) is 17.5. The van der Waals surface area contributed by atoms with Gasteiger partial charge in [-0.3, -0.25) is 24.3 Å². The number of carbonyl (C=O) groups is 2. The Hall–Kier alpha value is -2.25. The van der Waals surface area contributed by atoms with Crippen molar-refractivity contribution in [1.82, 2.24) is 9.88 Å². The average molecular weight is 456 g/mol. The molecule has 29 heavy (non-hydrogen) atoms. The Labute approximate surface area is 177 Å². The molecule has 3 fully saturated rings. The van der Waals surface area contributed by atoms with E-state index in [0.717, 1.165) is 41.4 Å². The monoisotopic (exact) mass is 455 g/mol. The van der Waals surface area contributed by atoms with Crippen molar-refractivity contribution in [3.8, 4) is 0 Å². The second-order valence-corrected chi connectivity index (χ2v) is 8.84. The standard InChI is InChI=1S/C22H22BrN3O3/c23-15-8-10-17(11-9-15)26-19(14-5-4-12-24-13-14)18-20(29-26)22(28)25(21(18)27)16-6-2-1-3-7-16/h4-5,8-13,16,18-20H,1-3,6-7H2/t18-,19+,20+/m0/s1. The number of likely N-dealkylation sites (tertiary alicyclic amines) is 1. The largest absolute Gasteiger partial charge is 0.277 e. The van der Waals surface area contributed by atoms with Crippen molar-refractivity contribution < 1.29 is 14.4 Å². The van der Waals surface area contributed by atoms with Gasteiger partial charge >= 0.3 is 0 Å². The van der Waals surface area contributed by atoms with Gasteiger partial charge in [0.2, 0.25) is 5.91 Å². The van der Waals surface area contributed by atoms with E-state index in [9.17, 15) is 9.59 Å². The van der Waals surface area contributed by atoms with Gasteiger partial charge in [-0.25, -0.2) is 5.06 Å². The van der Waals surface area contributed by atoms with Gasteiger partial charge in [0.05, 0.1) is 11.7 Å². The van der Waals surface area contributed by atoms with Gasteiger partial charge in [0.15, 0.2) is 6.10 Å². The molecule has 2 amide bonds. The molecule has 2 aliphatic heterocycles. The number of amides is 2. The first-order valence-electron chi connectivity index (χ1n) is 10.1. The summed E-state index contributed by atoms with van der Waals surface area (Å²) in [5, 5.41) is 1.72. The quantitative estimate of drug-likeness (QED) is 0.653. The average Bonchev–Trinajstić information content (AvgIpc) is 3.26. The van der Waals surface area contributed by atoms with E-state index in [1.807, 2.05) is 36.4 Å². The Morgan fingerprint density at radius 2 is 1.76 bits per heavy atom. The summed E-state index contributed by atoms with van der Waals surface area (Å²) in [6, 6.07) is 11.1. The van der Waals surface area contributed by atoms with Crippen LogP contribution in [0.4, 0.5) is 5.69 Å². The highest BCUT2D eigenvalue weighted by molar-refractivity contribution is 9.10. The van der Waals surface area contributed by atoms with Crippen molar-refractivity contribution in [2.75, 3.05) is 5.06 Å². The fraction of sp³-hybridized carbons (Fsp3) is 0.409. The minimum atomic E-state index is -0.779. The van der Waals surface area contributed by atoms with Crippen LogP contribution in [0.1, 0.15) is 43.7 Å². The second kappa shape index (κ2) is 7.54. The van der Waals surface area contributed by atoms with E-state index in [0.29, 0.717) is 0 Å². The summed E-state index contributed by atoms with van der Waals surface area (Å²) in [7, 11) is 0. The van der Waals surface area contributed by atoms with Gasteiger partial charge in [0.25, 0.3) is 5.91 Å². The zero-order valence-electron chi connectivity index (χ0n) is 15.9. The molecule has 5 rings (SSSR count). The molecule has 3 atom stereocenters. The van der Waals surface area contributed by atoms with Crippen LogP contribution >= 0.6 is 15.9 Å². The molecule has 2 saturated heterocycles. The van der Waals surface area contributed by atoms with E-state index in [1.54, 1.807) is 17.5 Å². The molecule has 1 aromatic carbocycles. The summed E-state index contributed by atoms with van der Waals surface area (Å²) >= 11 is 3.45. The second-order valence-electron chi connectivity index (χ2n) is 7.92. The van der Waals surface area contributed by atoms with Gasteiger partial charge in [0, 0.05) is 22.9 Å². The van der Waals surface area contributed by atoms with Crippen LogP contribution in [-0.4, -0.2) is 33.8 Å². The molecular formula is C22H22BrN3O3. The number of benzene rings is 1. The molecular weight excluding hydrogens is 434 g/mol. The number of hydrogen-bond donors (Lipinski definition) is 0. The third-order valence-electron chi connectivity index (χ3n) is 6.20. The predicted octanol–water partition coefficient (Wildman–Crippen LogP) is 4.02. The first-order chi connectivity index (χ1) is 14.1. The fourth-order valence-electron chi connectivity index (χ4n) is 4.84. The molecule has 0 N–H and O–H groups in total. The molecule has 3 heterocycles. The number of hydroxylamine groups is 1. The summed E-state index contributed by atoms with van der Waals surface area (Å²) in [5.41, 5.74) is 1.68. The molecule has 0 unspecified atom stereocenters. The number of rotatable bonds is 3. The predicted molar refractivity (Wildman–Crippen MR) is 111 cm³/mol. The molecule has 1 aliphatic carbocycles.